The Bertz CT molecular complexity index is 2030. The highest BCUT2D eigenvalue weighted by Crippen LogP contribution is 2.35. The normalized spacial score (nSPS) is 18.8. The summed E-state index contributed by atoms with van der Waals surface area (Å²) >= 11 is 0. The first-order valence-electron chi connectivity index (χ1n) is 17.9. The number of hydrogen-bond donors (Lipinski definition) is 2. The summed E-state index contributed by atoms with van der Waals surface area (Å²) in [7, 11) is 0. The van der Waals surface area contributed by atoms with Gasteiger partial charge in [-0.15, -0.1) is 0 Å². The highest BCUT2D eigenvalue weighted by molar-refractivity contribution is 5.92. The summed E-state index contributed by atoms with van der Waals surface area (Å²) in [4.78, 5) is 46.3. The second kappa shape index (κ2) is 13.1. The molecule has 0 saturated carbocycles. The van der Waals surface area contributed by atoms with E-state index >= 15 is 0 Å². The molecule has 2 fully saturated rings. The Morgan fingerprint density at radius 1 is 0.680 bits per heavy atom. The molecule has 262 valence electrons. The molecule has 2 aliphatic rings. The lowest BCUT2D eigenvalue weighted by atomic mass is 9.99. The lowest BCUT2D eigenvalue weighted by Gasteiger charge is -2.35. The molecule has 2 atom stereocenters. The average Bonchev–Trinajstić information content (AvgIpc) is 3.74. The molecule has 10 heteroatoms. The van der Waals surface area contributed by atoms with Crippen molar-refractivity contribution in [3.05, 3.63) is 72.4 Å². The molecule has 2 N–H and O–H groups in total. The Balaban J connectivity index is 1.10. The number of likely N-dealkylation sites (tertiary alicyclic amines) is 2. The van der Waals surface area contributed by atoms with Gasteiger partial charge >= 0.3 is 12.2 Å². The Kier molecular flexibility index (Phi) is 8.82. The van der Waals surface area contributed by atoms with Crippen molar-refractivity contribution in [1.29, 1.82) is 0 Å². The molecule has 4 heterocycles. The van der Waals surface area contributed by atoms with Gasteiger partial charge in [0.05, 0.1) is 35.0 Å². The van der Waals surface area contributed by atoms with E-state index in [0.717, 1.165) is 94.4 Å². The fourth-order valence-electron chi connectivity index (χ4n) is 7.12. The van der Waals surface area contributed by atoms with Crippen molar-refractivity contribution in [2.24, 2.45) is 0 Å². The summed E-state index contributed by atoms with van der Waals surface area (Å²) in [5.41, 5.74) is 4.89. The van der Waals surface area contributed by atoms with Gasteiger partial charge in [0.25, 0.3) is 0 Å². The van der Waals surface area contributed by atoms with Crippen LogP contribution in [-0.2, 0) is 9.47 Å². The largest absolute Gasteiger partial charge is 0.444 e. The van der Waals surface area contributed by atoms with Gasteiger partial charge in [0, 0.05) is 18.7 Å². The van der Waals surface area contributed by atoms with Crippen molar-refractivity contribution in [2.45, 2.75) is 103 Å². The first-order valence-corrected chi connectivity index (χ1v) is 17.9. The SMILES string of the molecule is CC(C)(C)OC(=O)N1CCCC[C@H]1c1ncc(-c2ccc3cc(-c4ccc5nc([C@@H]6CCCCN6C(=O)OC(C)(C)C)[nH]c5c4)ccc3c2)[nH]1. The molecular weight excluding hydrogens is 628 g/mol. The summed E-state index contributed by atoms with van der Waals surface area (Å²) in [6.07, 6.45) is 6.99. The van der Waals surface area contributed by atoms with Crippen LogP contribution < -0.4 is 0 Å². The number of carbonyl (C=O) groups is 2. The van der Waals surface area contributed by atoms with Crippen LogP contribution in [0.25, 0.3) is 44.2 Å². The van der Waals surface area contributed by atoms with E-state index in [1.807, 2.05) is 63.6 Å². The van der Waals surface area contributed by atoms with Crippen LogP contribution in [0.15, 0.2) is 60.8 Å². The van der Waals surface area contributed by atoms with Crippen molar-refractivity contribution in [3.8, 4) is 22.4 Å². The van der Waals surface area contributed by atoms with Crippen LogP contribution in [0.3, 0.4) is 0 Å². The molecule has 7 rings (SSSR count). The Labute approximate surface area is 293 Å². The van der Waals surface area contributed by atoms with E-state index in [1.54, 1.807) is 0 Å². The number of nitrogens with one attached hydrogen (secondary N) is 2. The van der Waals surface area contributed by atoms with Crippen LogP contribution in [0.1, 0.15) is 104 Å². The van der Waals surface area contributed by atoms with Crippen molar-refractivity contribution >= 4 is 34.0 Å². The third-order valence-corrected chi connectivity index (χ3v) is 9.47. The molecular formula is C40H48N6O4. The van der Waals surface area contributed by atoms with Crippen LogP contribution in [0.5, 0.6) is 0 Å². The second-order valence-corrected chi connectivity index (χ2v) is 15.7. The van der Waals surface area contributed by atoms with Crippen molar-refractivity contribution in [2.75, 3.05) is 13.1 Å². The van der Waals surface area contributed by atoms with Gasteiger partial charge in [-0.3, -0.25) is 9.80 Å². The second-order valence-electron chi connectivity index (χ2n) is 15.7. The van der Waals surface area contributed by atoms with E-state index < -0.39 is 11.2 Å². The van der Waals surface area contributed by atoms with Gasteiger partial charge in [0.2, 0.25) is 0 Å². The predicted octanol–water partition coefficient (Wildman–Crippen LogP) is 9.70. The maximum absolute atomic E-state index is 13.0. The monoisotopic (exact) mass is 676 g/mol. The van der Waals surface area contributed by atoms with Gasteiger partial charge in [0.1, 0.15) is 22.9 Å². The van der Waals surface area contributed by atoms with Gasteiger partial charge in [-0.25, -0.2) is 19.6 Å². The van der Waals surface area contributed by atoms with Gasteiger partial charge < -0.3 is 19.4 Å². The first-order chi connectivity index (χ1) is 23.8. The lowest BCUT2D eigenvalue weighted by Crippen LogP contribution is -2.42. The molecule has 2 amide bonds. The number of fused-ring (bicyclic) bond motifs is 2. The van der Waals surface area contributed by atoms with Crippen molar-refractivity contribution in [3.63, 3.8) is 0 Å². The molecule has 5 aromatic rings. The highest BCUT2D eigenvalue weighted by atomic mass is 16.6. The van der Waals surface area contributed by atoms with E-state index in [-0.39, 0.29) is 24.3 Å². The topological polar surface area (TPSA) is 116 Å². The van der Waals surface area contributed by atoms with Crippen LogP contribution >= 0.6 is 0 Å². The van der Waals surface area contributed by atoms with E-state index in [1.165, 1.54) is 0 Å². The zero-order valence-electron chi connectivity index (χ0n) is 30.0. The number of H-pyrrole nitrogens is 2. The van der Waals surface area contributed by atoms with E-state index in [2.05, 4.69) is 58.5 Å². The predicted molar refractivity (Wildman–Crippen MR) is 196 cm³/mol. The Morgan fingerprint density at radius 3 is 1.84 bits per heavy atom. The minimum atomic E-state index is -0.548. The number of benzene rings is 3. The quantitative estimate of drug-likeness (QED) is 0.196. The maximum atomic E-state index is 13.0. The smallest absolute Gasteiger partial charge is 0.410 e. The minimum Gasteiger partial charge on any atom is -0.444 e. The molecule has 0 radical (unpaired) electrons. The van der Waals surface area contributed by atoms with Gasteiger partial charge in [-0.1, -0.05) is 30.3 Å². The molecule has 2 saturated heterocycles. The number of aromatic amines is 2. The summed E-state index contributed by atoms with van der Waals surface area (Å²) in [5, 5.41) is 2.26. The molecule has 0 aliphatic carbocycles. The number of ether oxygens (including phenoxy) is 2. The molecule has 0 spiro atoms. The number of carbonyl (C=O) groups excluding carboxylic acids is 2. The summed E-state index contributed by atoms with van der Waals surface area (Å²) < 4.78 is 11.4. The van der Waals surface area contributed by atoms with Crippen LogP contribution in [0.2, 0.25) is 0 Å². The lowest BCUT2D eigenvalue weighted by molar-refractivity contribution is 0.00760. The molecule has 3 aromatic carbocycles. The van der Waals surface area contributed by atoms with Crippen LogP contribution in [0, 0.1) is 0 Å². The fourth-order valence-corrected chi connectivity index (χ4v) is 7.12. The molecule has 10 nitrogen and oxygen atoms in total. The summed E-state index contributed by atoms with van der Waals surface area (Å²) in [6.45, 7) is 12.7. The number of imidazole rings is 2. The standard InChI is InChI=1S/C40H48N6O4/c1-39(2,3)49-37(47)45-19-9-7-11-33(45)35-41-24-32(44-35)29-16-15-25-21-26(13-14-27(25)22-29)28-17-18-30-31(23-28)43-36(42-30)34-12-8-10-20-46(34)38(48)50-40(4,5)6/h13-18,21-24,33-34H,7-12,19-20H2,1-6H3,(H,41,44)(H,42,43)/t33-,34-/m0/s1. The van der Waals surface area contributed by atoms with Crippen molar-refractivity contribution in [1.82, 2.24) is 29.7 Å². The minimum absolute atomic E-state index is 0.134. The van der Waals surface area contributed by atoms with E-state index in [4.69, 9.17) is 19.4 Å². The van der Waals surface area contributed by atoms with Gasteiger partial charge in [-0.05, 0) is 126 Å². The molecule has 0 bridgehead atoms. The van der Waals surface area contributed by atoms with Crippen molar-refractivity contribution < 1.29 is 19.1 Å². The maximum Gasteiger partial charge on any atom is 0.410 e. The molecule has 2 aliphatic heterocycles. The average molecular weight is 677 g/mol. The molecule has 0 unspecified atom stereocenters. The van der Waals surface area contributed by atoms with Gasteiger partial charge in [0.15, 0.2) is 0 Å². The zero-order valence-corrected chi connectivity index (χ0v) is 30.0. The third-order valence-electron chi connectivity index (χ3n) is 9.47. The fraction of sp³-hybridized carbons (Fsp3) is 0.450. The first kappa shape index (κ1) is 33.6. The number of amides is 2. The number of rotatable bonds is 4. The number of piperidine rings is 2. The number of nitrogens with zero attached hydrogens (tertiary/aromatic N) is 4. The van der Waals surface area contributed by atoms with Gasteiger partial charge in [-0.2, -0.15) is 0 Å². The highest BCUT2D eigenvalue weighted by Gasteiger charge is 2.34. The number of hydrogen-bond acceptors (Lipinski definition) is 6. The van der Waals surface area contributed by atoms with E-state index in [9.17, 15) is 9.59 Å². The van der Waals surface area contributed by atoms with E-state index in [0.29, 0.717) is 13.1 Å². The zero-order chi connectivity index (χ0) is 35.2. The molecule has 2 aromatic heterocycles. The Morgan fingerprint density at radius 2 is 1.22 bits per heavy atom. The summed E-state index contributed by atoms with van der Waals surface area (Å²) in [6, 6.07) is 19.0. The van der Waals surface area contributed by atoms with Crippen LogP contribution in [0.4, 0.5) is 9.59 Å². The number of aromatic nitrogens is 4. The van der Waals surface area contributed by atoms with Crippen LogP contribution in [-0.4, -0.2) is 66.2 Å². The Hall–Kier alpha value is -4.86. The summed E-state index contributed by atoms with van der Waals surface area (Å²) in [5.74, 6) is 1.59. The molecule has 50 heavy (non-hydrogen) atoms. The third kappa shape index (κ3) is 7.20.